The molecule has 2 aliphatic rings. The summed E-state index contributed by atoms with van der Waals surface area (Å²) in [7, 11) is 3.44. The molecule has 1 fully saturated rings. The molecule has 1 N–H and O–H groups in total. The molecule has 162 valence electrons. The number of fused-ring (bicyclic) bond motifs is 1. The molecule has 1 heterocycles. The lowest BCUT2D eigenvalue weighted by molar-refractivity contribution is -0.115. The smallest absolute Gasteiger partial charge is 0.157 e. The van der Waals surface area contributed by atoms with Crippen molar-refractivity contribution < 1.29 is 14.6 Å². The molecule has 1 saturated heterocycles. The minimum absolute atomic E-state index is 0.0805. The molecule has 2 atom stereocenters. The van der Waals surface area contributed by atoms with E-state index in [9.17, 15) is 5.11 Å². The molecule has 0 unspecified atom stereocenters. The van der Waals surface area contributed by atoms with Gasteiger partial charge in [-0.25, -0.2) is 0 Å². The molecule has 4 rings (SSSR count). The van der Waals surface area contributed by atoms with E-state index in [0.29, 0.717) is 23.5 Å². The standard InChI is InChI=1S/C26H35NO3/c1-18-4-5-21-17-23(28)10-11-24(21)26(18)20-6-8-22(9-7-20)27-14-12-19(13-15-27)16-25(29-2)30-3/h6-11,17-19,25-26,28H,4-5,12-16H2,1-3H3/t18-,26+/m1/s1. The van der Waals surface area contributed by atoms with E-state index in [1.807, 2.05) is 12.1 Å². The lowest BCUT2D eigenvalue weighted by Crippen LogP contribution is -2.35. The van der Waals surface area contributed by atoms with Gasteiger partial charge < -0.3 is 19.5 Å². The van der Waals surface area contributed by atoms with Gasteiger partial charge in [-0.05, 0) is 78.5 Å². The highest BCUT2D eigenvalue weighted by Gasteiger charge is 2.28. The summed E-state index contributed by atoms with van der Waals surface area (Å²) in [6.45, 7) is 4.53. The van der Waals surface area contributed by atoms with Gasteiger partial charge in [-0.15, -0.1) is 0 Å². The summed E-state index contributed by atoms with van der Waals surface area (Å²) in [4.78, 5) is 2.51. The number of nitrogens with zero attached hydrogens (tertiary/aromatic N) is 1. The van der Waals surface area contributed by atoms with Crippen LogP contribution in [0.5, 0.6) is 5.75 Å². The Morgan fingerprint density at radius 2 is 1.70 bits per heavy atom. The number of hydrogen-bond donors (Lipinski definition) is 1. The average Bonchev–Trinajstić information content (AvgIpc) is 2.78. The van der Waals surface area contributed by atoms with Crippen LogP contribution in [0.4, 0.5) is 5.69 Å². The highest BCUT2D eigenvalue weighted by molar-refractivity contribution is 5.51. The van der Waals surface area contributed by atoms with Gasteiger partial charge >= 0.3 is 0 Å². The lowest BCUT2D eigenvalue weighted by atomic mass is 9.72. The van der Waals surface area contributed by atoms with Crippen molar-refractivity contribution in [3.05, 3.63) is 59.2 Å². The van der Waals surface area contributed by atoms with Crippen molar-refractivity contribution in [2.45, 2.75) is 51.2 Å². The van der Waals surface area contributed by atoms with Crippen molar-refractivity contribution >= 4 is 5.69 Å². The van der Waals surface area contributed by atoms with Gasteiger partial charge in [-0.3, -0.25) is 0 Å². The van der Waals surface area contributed by atoms with Gasteiger partial charge in [0.15, 0.2) is 6.29 Å². The number of rotatable bonds is 6. The number of phenols is 1. The summed E-state index contributed by atoms with van der Waals surface area (Å²) >= 11 is 0. The lowest BCUT2D eigenvalue weighted by Gasteiger charge is -2.35. The molecule has 1 aliphatic carbocycles. The largest absolute Gasteiger partial charge is 0.508 e. The fraction of sp³-hybridized carbons (Fsp3) is 0.538. The zero-order valence-corrected chi connectivity index (χ0v) is 18.5. The van der Waals surface area contributed by atoms with Crippen molar-refractivity contribution in [2.75, 3.05) is 32.2 Å². The van der Waals surface area contributed by atoms with Crippen LogP contribution < -0.4 is 4.90 Å². The van der Waals surface area contributed by atoms with Gasteiger partial charge in [-0.2, -0.15) is 0 Å². The van der Waals surface area contributed by atoms with Crippen molar-refractivity contribution in [3.63, 3.8) is 0 Å². The summed E-state index contributed by atoms with van der Waals surface area (Å²) in [5.41, 5.74) is 5.39. The van der Waals surface area contributed by atoms with E-state index in [1.165, 1.54) is 41.6 Å². The van der Waals surface area contributed by atoms with Gasteiger partial charge in [0.1, 0.15) is 5.75 Å². The molecule has 0 radical (unpaired) electrons. The van der Waals surface area contributed by atoms with Crippen molar-refractivity contribution in [1.82, 2.24) is 0 Å². The normalized spacial score (nSPS) is 22.3. The van der Waals surface area contributed by atoms with E-state index in [4.69, 9.17) is 9.47 Å². The van der Waals surface area contributed by atoms with Crippen LogP contribution >= 0.6 is 0 Å². The van der Waals surface area contributed by atoms with Gasteiger partial charge in [0.25, 0.3) is 0 Å². The molecular weight excluding hydrogens is 374 g/mol. The number of methoxy groups -OCH3 is 2. The molecule has 0 aromatic heterocycles. The van der Waals surface area contributed by atoms with E-state index in [2.05, 4.69) is 42.2 Å². The molecule has 4 heteroatoms. The van der Waals surface area contributed by atoms with Crippen LogP contribution in [0, 0.1) is 11.8 Å². The number of benzene rings is 2. The Balaban J connectivity index is 1.43. The number of hydrogen-bond acceptors (Lipinski definition) is 4. The fourth-order valence-electron chi connectivity index (χ4n) is 5.36. The van der Waals surface area contributed by atoms with Crippen molar-refractivity contribution in [2.24, 2.45) is 11.8 Å². The minimum atomic E-state index is -0.0805. The topological polar surface area (TPSA) is 41.9 Å². The predicted molar refractivity (Wildman–Crippen MR) is 121 cm³/mol. The van der Waals surface area contributed by atoms with E-state index in [0.717, 1.165) is 25.9 Å². The Kier molecular flexibility index (Phi) is 6.64. The van der Waals surface area contributed by atoms with E-state index < -0.39 is 0 Å². The highest BCUT2D eigenvalue weighted by Crippen LogP contribution is 2.42. The third kappa shape index (κ3) is 4.50. The molecule has 2 aromatic carbocycles. The second kappa shape index (κ2) is 9.40. The monoisotopic (exact) mass is 409 g/mol. The first-order valence-corrected chi connectivity index (χ1v) is 11.3. The van der Waals surface area contributed by atoms with Gasteiger partial charge in [0.2, 0.25) is 0 Å². The van der Waals surface area contributed by atoms with Crippen LogP contribution in [0.25, 0.3) is 0 Å². The summed E-state index contributed by atoms with van der Waals surface area (Å²) < 4.78 is 10.7. The number of aromatic hydroxyl groups is 1. The van der Waals surface area contributed by atoms with Crippen LogP contribution in [-0.4, -0.2) is 38.7 Å². The average molecular weight is 410 g/mol. The van der Waals surface area contributed by atoms with E-state index >= 15 is 0 Å². The first-order valence-electron chi connectivity index (χ1n) is 11.3. The number of ether oxygens (including phenoxy) is 2. The second-order valence-corrected chi connectivity index (χ2v) is 9.04. The van der Waals surface area contributed by atoms with Crippen LogP contribution in [0.15, 0.2) is 42.5 Å². The number of aryl methyl sites for hydroxylation is 1. The van der Waals surface area contributed by atoms with E-state index in [1.54, 1.807) is 14.2 Å². The van der Waals surface area contributed by atoms with Crippen molar-refractivity contribution in [3.8, 4) is 5.75 Å². The Hall–Kier alpha value is -2.04. The maximum absolute atomic E-state index is 9.87. The molecule has 1 aliphatic heterocycles. The van der Waals surface area contributed by atoms with Crippen molar-refractivity contribution in [1.29, 1.82) is 0 Å². The molecule has 30 heavy (non-hydrogen) atoms. The zero-order chi connectivity index (χ0) is 21.1. The quantitative estimate of drug-likeness (QED) is 0.655. The summed E-state index contributed by atoms with van der Waals surface area (Å²) in [6.07, 6.45) is 5.49. The summed E-state index contributed by atoms with van der Waals surface area (Å²) in [5.74, 6) is 2.07. The van der Waals surface area contributed by atoms with Gasteiger partial charge in [-0.1, -0.05) is 25.1 Å². The molecular formula is C26H35NO3. The predicted octanol–water partition coefficient (Wildman–Crippen LogP) is 5.33. The maximum Gasteiger partial charge on any atom is 0.157 e. The van der Waals surface area contributed by atoms with Crippen LogP contribution in [0.3, 0.4) is 0 Å². The zero-order valence-electron chi connectivity index (χ0n) is 18.5. The molecule has 0 bridgehead atoms. The Morgan fingerprint density at radius 1 is 1.00 bits per heavy atom. The Bertz CT molecular complexity index is 823. The number of anilines is 1. The van der Waals surface area contributed by atoms with Gasteiger partial charge in [0.05, 0.1) is 0 Å². The molecule has 4 nitrogen and oxygen atoms in total. The highest BCUT2D eigenvalue weighted by atomic mass is 16.7. The first-order chi connectivity index (χ1) is 14.6. The second-order valence-electron chi connectivity index (χ2n) is 9.04. The van der Waals surface area contributed by atoms with Gasteiger partial charge in [0, 0.05) is 45.3 Å². The SMILES string of the molecule is COC(CC1CCN(c2ccc([C@H]3c4ccc(O)cc4CC[C@H]3C)cc2)CC1)OC. The van der Waals surface area contributed by atoms with E-state index in [-0.39, 0.29) is 6.29 Å². The molecule has 0 spiro atoms. The van der Waals surface area contributed by atoms with Crippen LogP contribution in [0.1, 0.15) is 55.2 Å². The molecule has 0 saturated carbocycles. The Morgan fingerprint density at radius 3 is 2.37 bits per heavy atom. The number of piperidine rings is 1. The first kappa shape index (κ1) is 21.2. The Labute approximate surface area is 180 Å². The van der Waals surface area contributed by atoms with Crippen LogP contribution in [0.2, 0.25) is 0 Å². The third-order valence-corrected chi connectivity index (χ3v) is 7.18. The fourth-order valence-corrected chi connectivity index (χ4v) is 5.36. The molecule has 0 amide bonds. The third-order valence-electron chi connectivity index (χ3n) is 7.18. The minimum Gasteiger partial charge on any atom is -0.508 e. The summed E-state index contributed by atoms with van der Waals surface area (Å²) in [6, 6.07) is 15.1. The maximum atomic E-state index is 9.87. The van der Waals surface area contributed by atoms with Crippen LogP contribution in [-0.2, 0) is 15.9 Å². The number of phenolic OH excluding ortho intramolecular Hbond substituents is 1. The summed E-state index contributed by atoms with van der Waals surface area (Å²) in [5, 5.41) is 9.87. The molecule has 2 aromatic rings.